The first kappa shape index (κ1) is 11.4. The van der Waals surface area contributed by atoms with E-state index in [0.717, 1.165) is 0 Å². The average Bonchev–Trinajstić information content (AvgIpc) is 2.17. The molecule has 0 fully saturated rings. The Labute approximate surface area is 92.6 Å². The van der Waals surface area contributed by atoms with E-state index in [1.165, 1.54) is 7.11 Å². The molecule has 0 aliphatic heterocycles. The lowest BCUT2D eigenvalue weighted by Crippen LogP contribution is -1.90. The van der Waals surface area contributed by atoms with Crippen LogP contribution in [0.1, 0.15) is 12.0 Å². The van der Waals surface area contributed by atoms with Crippen molar-refractivity contribution < 1.29 is 14.6 Å². The molecule has 1 rings (SSSR count). The number of benzene rings is 1. The van der Waals surface area contributed by atoms with Crippen molar-refractivity contribution in [3.8, 4) is 17.6 Å². The van der Waals surface area contributed by atoms with Crippen LogP contribution in [0, 0.1) is 11.8 Å². The molecule has 0 saturated carbocycles. The van der Waals surface area contributed by atoms with Crippen LogP contribution in [0.3, 0.4) is 0 Å². The standard InChI is InChI=1S/C11H9ClO3/c1-15-10-6-5-8(7-9(10)12)3-2-4-11(13)14/h5-7H,4H2,1H3,(H,13,14). The van der Waals surface area contributed by atoms with E-state index in [1.807, 2.05) is 0 Å². The van der Waals surface area contributed by atoms with Gasteiger partial charge in [-0.3, -0.25) is 4.79 Å². The number of carboxylic acid groups (broad SMARTS) is 1. The van der Waals surface area contributed by atoms with Gasteiger partial charge in [-0.15, -0.1) is 0 Å². The molecule has 0 aliphatic carbocycles. The Bertz CT molecular complexity index is 429. The molecule has 0 heterocycles. The molecule has 0 radical (unpaired) electrons. The van der Waals surface area contributed by atoms with Crippen molar-refractivity contribution in [1.29, 1.82) is 0 Å². The van der Waals surface area contributed by atoms with Crippen LogP contribution in [0.5, 0.6) is 5.75 Å². The SMILES string of the molecule is COc1ccc(C#CCC(=O)O)cc1Cl. The Kier molecular flexibility index (Phi) is 4.02. The van der Waals surface area contributed by atoms with Gasteiger partial charge in [0.1, 0.15) is 12.2 Å². The zero-order valence-electron chi connectivity index (χ0n) is 8.08. The highest BCUT2D eigenvalue weighted by molar-refractivity contribution is 6.32. The maximum atomic E-state index is 10.2. The monoisotopic (exact) mass is 224 g/mol. The molecule has 1 aromatic carbocycles. The number of carboxylic acids is 1. The Morgan fingerprint density at radius 3 is 2.87 bits per heavy atom. The van der Waals surface area contributed by atoms with Crippen LogP contribution in [-0.4, -0.2) is 18.2 Å². The average molecular weight is 225 g/mol. The fraction of sp³-hybridized carbons (Fsp3) is 0.182. The lowest BCUT2D eigenvalue weighted by atomic mass is 10.2. The minimum absolute atomic E-state index is 0.177. The van der Waals surface area contributed by atoms with Gasteiger partial charge >= 0.3 is 5.97 Å². The molecule has 0 saturated heterocycles. The molecule has 0 aromatic heterocycles. The molecule has 78 valence electrons. The summed E-state index contributed by atoms with van der Waals surface area (Å²) in [4.78, 5) is 10.2. The predicted molar refractivity (Wildman–Crippen MR) is 57.1 cm³/mol. The summed E-state index contributed by atoms with van der Waals surface area (Å²) in [5.41, 5.74) is 0.669. The molecule has 0 unspecified atom stereocenters. The third-order valence-electron chi connectivity index (χ3n) is 1.62. The summed E-state index contributed by atoms with van der Waals surface area (Å²) in [7, 11) is 1.52. The maximum absolute atomic E-state index is 10.2. The second-order valence-corrected chi connectivity index (χ2v) is 3.13. The summed E-state index contributed by atoms with van der Waals surface area (Å²) in [5.74, 6) is 4.84. The Morgan fingerprint density at radius 2 is 2.33 bits per heavy atom. The van der Waals surface area contributed by atoms with Gasteiger partial charge in [0, 0.05) is 5.56 Å². The van der Waals surface area contributed by atoms with Crippen molar-refractivity contribution >= 4 is 17.6 Å². The quantitative estimate of drug-likeness (QED) is 0.784. The van der Waals surface area contributed by atoms with Crippen molar-refractivity contribution in [1.82, 2.24) is 0 Å². The Hall–Kier alpha value is -1.66. The highest BCUT2D eigenvalue weighted by Crippen LogP contribution is 2.24. The predicted octanol–water partition coefficient (Wildman–Crippen LogP) is 2.17. The summed E-state index contributed by atoms with van der Waals surface area (Å²) < 4.78 is 4.97. The minimum Gasteiger partial charge on any atom is -0.495 e. The smallest absolute Gasteiger partial charge is 0.315 e. The van der Waals surface area contributed by atoms with Crippen LogP contribution in [0.4, 0.5) is 0 Å². The van der Waals surface area contributed by atoms with Gasteiger partial charge in [0.05, 0.1) is 12.1 Å². The number of aliphatic carboxylic acids is 1. The first-order chi connectivity index (χ1) is 7.13. The number of ether oxygens (including phenoxy) is 1. The first-order valence-corrected chi connectivity index (χ1v) is 4.55. The zero-order valence-corrected chi connectivity index (χ0v) is 8.84. The van der Waals surface area contributed by atoms with Gasteiger partial charge < -0.3 is 9.84 Å². The Balaban J connectivity index is 2.82. The highest BCUT2D eigenvalue weighted by Gasteiger charge is 1.99. The van der Waals surface area contributed by atoms with Crippen LogP contribution in [0.15, 0.2) is 18.2 Å². The fourth-order valence-corrected chi connectivity index (χ4v) is 1.22. The number of hydrogen-bond acceptors (Lipinski definition) is 2. The largest absolute Gasteiger partial charge is 0.495 e. The van der Waals surface area contributed by atoms with E-state index >= 15 is 0 Å². The number of halogens is 1. The van der Waals surface area contributed by atoms with E-state index in [9.17, 15) is 4.79 Å². The van der Waals surface area contributed by atoms with E-state index in [4.69, 9.17) is 21.4 Å². The molecule has 0 aliphatic rings. The maximum Gasteiger partial charge on any atom is 0.315 e. The number of methoxy groups -OCH3 is 1. The fourth-order valence-electron chi connectivity index (χ4n) is 0.966. The van der Waals surface area contributed by atoms with Crippen molar-refractivity contribution in [3.05, 3.63) is 28.8 Å². The molecular weight excluding hydrogens is 216 g/mol. The normalized spacial score (nSPS) is 8.93. The van der Waals surface area contributed by atoms with E-state index in [-0.39, 0.29) is 6.42 Å². The van der Waals surface area contributed by atoms with Gasteiger partial charge in [0.15, 0.2) is 0 Å². The molecule has 0 amide bonds. The van der Waals surface area contributed by atoms with E-state index in [2.05, 4.69) is 11.8 Å². The molecule has 1 N–H and O–H groups in total. The molecule has 0 atom stereocenters. The third-order valence-corrected chi connectivity index (χ3v) is 1.92. The van der Waals surface area contributed by atoms with Crippen LogP contribution in [0.25, 0.3) is 0 Å². The van der Waals surface area contributed by atoms with Gasteiger partial charge in [-0.25, -0.2) is 0 Å². The van der Waals surface area contributed by atoms with Crippen LogP contribution in [-0.2, 0) is 4.79 Å². The molecule has 0 bridgehead atoms. The van der Waals surface area contributed by atoms with Gasteiger partial charge in [-0.1, -0.05) is 23.4 Å². The van der Waals surface area contributed by atoms with Gasteiger partial charge in [0.2, 0.25) is 0 Å². The van der Waals surface area contributed by atoms with Crippen molar-refractivity contribution in [2.75, 3.05) is 7.11 Å². The summed E-state index contributed by atoms with van der Waals surface area (Å²) in [6.07, 6.45) is -0.177. The van der Waals surface area contributed by atoms with Gasteiger partial charge in [-0.2, -0.15) is 0 Å². The second kappa shape index (κ2) is 5.28. The number of rotatable bonds is 2. The first-order valence-electron chi connectivity index (χ1n) is 4.17. The summed E-state index contributed by atoms with van der Waals surface area (Å²) in [6, 6.07) is 5.04. The molecule has 1 aromatic rings. The number of hydrogen-bond donors (Lipinski definition) is 1. The van der Waals surface area contributed by atoms with Gasteiger partial charge in [-0.05, 0) is 18.2 Å². The van der Waals surface area contributed by atoms with Crippen LogP contribution >= 0.6 is 11.6 Å². The number of carbonyl (C=O) groups is 1. The lowest BCUT2D eigenvalue weighted by Gasteiger charge is -2.01. The molecule has 0 spiro atoms. The second-order valence-electron chi connectivity index (χ2n) is 2.72. The minimum atomic E-state index is -0.942. The topological polar surface area (TPSA) is 46.5 Å². The van der Waals surface area contributed by atoms with E-state index in [1.54, 1.807) is 18.2 Å². The van der Waals surface area contributed by atoms with Crippen molar-refractivity contribution in [3.63, 3.8) is 0 Å². The Morgan fingerprint density at radius 1 is 1.60 bits per heavy atom. The highest BCUT2D eigenvalue weighted by atomic mass is 35.5. The van der Waals surface area contributed by atoms with Crippen LogP contribution in [0.2, 0.25) is 5.02 Å². The summed E-state index contributed by atoms with van der Waals surface area (Å²) in [5, 5.41) is 8.84. The van der Waals surface area contributed by atoms with Gasteiger partial charge in [0.25, 0.3) is 0 Å². The third kappa shape index (κ3) is 3.53. The molecular formula is C11H9ClO3. The molecule has 15 heavy (non-hydrogen) atoms. The lowest BCUT2D eigenvalue weighted by molar-refractivity contribution is -0.135. The zero-order chi connectivity index (χ0) is 11.3. The van der Waals surface area contributed by atoms with Crippen molar-refractivity contribution in [2.45, 2.75) is 6.42 Å². The van der Waals surface area contributed by atoms with E-state index < -0.39 is 5.97 Å². The summed E-state index contributed by atoms with van der Waals surface area (Å²) >= 11 is 5.86. The van der Waals surface area contributed by atoms with E-state index in [0.29, 0.717) is 16.3 Å². The molecule has 3 nitrogen and oxygen atoms in total. The summed E-state index contributed by atoms with van der Waals surface area (Å²) in [6.45, 7) is 0. The van der Waals surface area contributed by atoms with Crippen LogP contribution < -0.4 is 4.74 Å². The van der Waals surface area contributed by atoms with Crippen molar-refractivity contribution in [2.24, 2.45) is 0 Å². The molecule has 4 heteroatoms.